The second kappa shape index (κ2) is 9.66. The van der Waals surface area contributed by atoms with Gasteiger partial charge in [-0.05, 0) is 59.7 Å². The van der Waals surface area contributed by atoms with Crippen molar-refractivity contribution in [2.45, 2.75) is 37.8 Å². The Kier molecular flexibility index (Phi) is 7.04. The van der Waals surface area contributed by atoms with Crippen LogP contribution >= 0.6 is 11.6 Å². The Morgan fingerprint density at radius 1 is 1.21 bits per heavy atom. The van der Waals surface area contributed by atoms with Crippen LogP contribution in [0.5, 0.6) is 0 Å². The minimum absolute atomic E-state index is 0.143. The van der Waals surface area contributed by atoms with Gasteiger partial charge in [-0.2, -0.15) is 0 Å². The van der Waals surface area contributed by atoms with Gasteiger partial charge in [0.25, 0.3) is 5.91 Å². The molecule has 1 unspecified atom stereocenters. The summed E-state index contributed by atoms with van der Waals surface area (Å²) < 4.78 is 58.6. The average Bonchev–Trinajstić information content (AvgIpc) is 3.54. The van der Waals surface area contributed by atoms with Crippen LogP contribution in [-0.2, 0) is 27.7 Å². The molecule has 2 aliphatic rings. The first-order chi connectivity index (χ1) is 15.6. The molecular formula is C23H25ClF2N2O4S. The molecule has 10 heteroatoms. The van der Waals surface area contributed by atoms with E-state index in [1.807, 2.05) is 4.72 Å². The van der Waals surface area contributed by atoms with Crippen LogP contribution in [0.2, 0.25) is 5.02 Å². The molecule has 0 aromatic heterocycles. The summed E-state index contributed by atoms with van der Waals surface area (Å²) in [4.78, 5) is 14.4. The van der Waals surface area contributed by atoms with Crippen molar-refractivity contribution >= 4 is 27.5 Å². The molecule has 0 bridgehead atoms. The number of hydrogen-bond acceptors (Lipinski definition) is 5. The SMILES string of the molecule is CS(=O)(=O)NC(=O)c1cc(C2CC2)c(CN2CCOC(Cc3ccc(F)cc3Cl)C2)cc1F. The van der Waals surface area contributed by atoms with Gasteiger partial charge in [-0.3, -0.25) is 9.69 Å². The van der Waals surface area contributed by atoms with Crippen molar-refractivity contribution in [3.63, 3.8) is 0 Å². The van der Waals surface area contributed by atoms with Crippen molar-refractivity contribution in [1.29, 1.82) is 0 Å². The Morgan fingerprint density at radius 3 is 2.64 bits per heavy atom. The number of carbonyl (C=O) groups excluding carboxylic acids is 1. The highest BCUT2D eigenvalue weighted by Gasteiger charge is 2.30. The predicted molar refractivity (Wildman–Crippen MR) is 121 cm³/mol. The number of benzene rings is 2. The fraction of sp³-hybridized carbons (Fsp3) is 0.435. The largest absolute Gasteiger partial charge is 0.375 e. The van der Waals surface area contributed by atoms with E-state index in [1.54, 1.807) is 6.07 Å². The van der Waals surface area contributed by atoms with E-state index in [-0.39, 0.29) is 17.6 Å². The lowest BCUT2D eigenvalue weighted by Gasteiger charge is -2.33. The molecular weight excluding hydrogens is 474 g/mol. The van der Waals surface area contributed by atoms with Gasteiger partial charge in [-0.25, -0.2) is 21.9 Å². The third-order valence-corrected chi connectivity index (χ3v) is 6.76. The normalized spacial score (nSPS) is 19.5. The van der Waals surface area contributed by atoms with Crippen molar-refractivity contribution in [2.75, 3.05) is 26.0 Å². The lowest BCUT2D eigenvalue weighted by molar-refractivity contribution is -0.0305. The first kappa shape index (κ1) is 24.1. The van der Waals surface area contributed by atoms with Gasteiger partial charge in [0.1, 0.15) is 11.6 Å². The second-order valence-electron chi connectivity index (χ2n) is 8.68. The Labute approximate surface area is 196 Å². The molecule has 1 saturated carbocycles. The first-order valence-corrected chi connectivity index (χ1v) is 13.0. The van der Waals surface area contributed by atoms with E-state index in [0.717, 1.165) is 35.8 Å². The molecule has 1 aliphatic heterocycles. The van der Waals surface area contributed by atoms with E-state index < -0.39 is 27.6 Å². The fourth-order valence-electron chi connectivity index (χ4n) is 4.16. The first-order valence-electron chi connectivity index (χ1n) is 10.7. The highest BCUT2D eigenvalue weighted by molar-refractivity contribution is 7.89. The maximum Gasteiger partial charge on any atom is 0.267 e. The summed E-state index contributed by atoms with van der Waals surface area (Å²) in [5, 5.41) is 0.358. The van der Waals surface area contributed by atoms with E-state index in [9.17, 15) is 22.0 Å². The van der Waals surface area contributed by atoms with Gasteiger partial charge < -0.3 is 4.74 Å². The number of halogens is 3. The van der Waals surface area contributed by atoms with Crippen molar-refractivity contribution in [1.82, 2.24) is 9.62 Å². The molecule has 2 fully saturated rings. The number of sulfonamides is 1. The van der Waals surface area contributed by atoms with Crippen LogP contribution in [0.25, 0.3) is 0 Å². The minimum Gasteiger partial charge on any atom is -0.375 e. The molecule has 6 nitrogen and oxygen atoms in total. The summed E-state index contributed by atoms with van der Waals surface area (Å²) in [7, 11) is -3.79. The van der Waals surface area contributed by atoms with E-state index in [0.29, 0.717) is 37.7 Å². The number of amides is 1. The average molecular weight is 499 g/mol. The van der Waals surface area contributed by atoms with E-state index in [1.165, 1.54) is 24.3 Å². The molecule has 1 saturated heterocycles. The molecule has 2 aromatic rings. The van der Waals surface area contributed by atoms with Crippen LogP contribution in [0.1, 0.15) is 45.8 Å². The summed E-state index contributed by atoms with van der Waals surface area (Å²) >= 11 is 6.15. The number of hydrogen-bond donors (Lipinski definition) is 1. The lowest BCUT2D eigenvalue weighted by atomic mass is 9.98. The summed E-state index contributed by atoms with van der Waals surface area (Å²) in [6, 6.07) is 7.13. The van der Waals surface area contributed by atoms with Crippen molar-refractivity contribution < 1.29 is 26.7 Å². The maximum atomic E-state index is 14.8. The third kappa shape index (κ3) is 6.29. The highest BCUT2D eigenvalue weighted by Crippen LogP contribution is 2.43. The van der Waals surface area contributed by atoms with E-state index >= 15 is 0 Å². The second-order valence-corrected chi connectivity index (χ2v) is 10.8. The van der Waals surface area contributed by atoms with Gasteiger partial charge in [-0.15, -0.1) is 0 Å². The molecule has 33 heavy (non-hydrogen) atoms. The van der Waals surface area contributed by atoms with Crippen LogP contribution in [-0.4, -0.2) is 51.3 Å². The molecule has 0 radical (unpaired) electrons. The number of nitrogens with one attached hydrogen (secondary N) is 1. The number of nitrogens with zero attached hydrogens (tertiary/aromatic N) is 1. The predicted octanol–water partition coefficient (Wildman–Crippen LogP) is 3.63. The zero-order valence-electron chi connectivity index (χ0n) is 18.1. The third-order valence-electron chi connectivity index (χ3n) is 5.85. The van der Waals surface area contributed by atoms with Gasteiger partial charge in [0.05, 0.1) is 24.5 Å². The zero-order valence-corrected chi connectivity index (χ0v) is 19.7. The monoisotopic (exact) mass is 498 g/mol. The Balaban J connectivity index is 1.49. The van der Waals surface area contributed by atoms with Crippen LogP contribution in [0.15, 0.2) is 30.3 Å². The standard InChI is InChI=1S/C23H25ClF2N2O4S/c1-33(30,31)27-23(29)20-11-19(14-2-3-14)16(9-22(20)26)12-28-6-7-32-18(13-28)8-15-4-5-17(25)10-21(15)24/h4-5,9-11,14,18H,2-3,6-8,12-13H2,1H3,(H,27,29). The smallest absolute Gasteiger partial charge is 0.267 e. The minimum atomic E-state index is -3.79. The molecule has 1 amide bonds. The van der Waals surface area contributed by atoms with Gasteiger partial charge >= 0.3 is 0 Å². The number of rotatable bonds is 7. The van der Waals surface area contributed by atoms with Gasteiger partial charge in [-0.1, -0.05) is 17.7 Å². The topological polar surface area (TPSA) is 75.7 Å². The summed E-state index contributed by atoms with van der Waals surface area (Å²) in [6.07, 6.45) is 3.13. The molecule has 4 rings (SSSR count). The maximum absolute atomic E-state index is 14.8. The van der Waals surface area contributed by atoms with Crippen LogP contribution in [0, 0.1) is 11.6 Å². The molecule has 2 aromatic carbocycles. The molecule has 1 heterocycles. The molecule has 0 spiro atoms. The summed E-state index contributed by atoms with van der Waals surface area (Å²) in [6.45, 7) is 2.23. The fourth-order valence-corrected chi connectivity index (χ4v) is 4.85. The van der Waals surface area contributed by atoms with Crippen molar-refractivity contribution in [2.24, 2.45) is 0 Å². The molecule has 1 atom stereocenters. The van der Waals surface area contributed by atoms with E-state index in [4.69, 9.17) is 16.3 Å². The molecule has 178 valence electrons. The van der Waals surface area contributed by atoms with E-state index in [2.05, 4.69) is 4.90 Å². The Morgan fingerprint density at radius 2 is 1.97 bits per heavy atom. The Bertz CT molecular complexity index is 1170. The molecule has 1 N–H and O–H groups in total. The van der Waals surface area contributed by atoms with Gasteiger partial charge in [0.2, 0.25) is 10.0 Å². The quantitative estimate of drug-likeness (QED) is 0.631. The number of carbonyl (C=O) groups is 1. The highest BCUT2D eigenvalue weighted by atomic mass is 35.5. The van der Waals surface area contributed by atoms with Crippen LogP contribution in [0.3, 0.4) is 0 Å². The lowest BCUT2D eigenvalue weighted by Crippen LogP contribution is -2.43. The Hall–Kier alpha value is -2.07. The molecule has 1 aliphatic carbocycles. The van der Waals surface area contributed by atoms with Crippen molar-refractivity contribution in [3.8, 4) is 0 Å². The summed E-state index contributed by atoms with van der Waals surface area (Å²) in [5.74, 6) is -1.87. The van der Waals surface area contributed by atoms with Crippen LogP contribution in [0.4, 0.5) is 8.78 Å². The number of morpholine rings is 1. The number of ether oxygens (including phenoxy) is 1. The van der Waals surface area contributed by atoms with Crippen molar-refractivity contribution in [3.05, 3.63) is 69.2 Å². The van der Waals surface area contributed by atoms with Crippen LogP contribution < -0.4 is 4.72 Å². The summed E-state index contributed by atoms with van der Waals surface area (Å²) in [5.41, 5.74) is 2.19. The van der Waals surface area contributed by atoms with Gasteiger partial charge in [0.15, 0.2) is 0 Å². The van der Waals surface area contributed by atoms with Gasteiger partial charge in [0, 0.05) is 31.1 Å². The zero-order chi connectivity index (χ0) is 23.8.